The first kappa shape index (κ1) is 25.7. The number of ether oxygens (including phenoxy) is 2. The lowest BCUT2D eigenvalue weighted by molar-refractivity contribution is -0.165. The van der Waals surface area contributed by atoms with Crippen molar-refractivity contribution < 1.29 is 24.2 Å². The van der Waals surface area contributed by atoms with Crippen molar-refractivity contribution in [2.75, 3.05) is 6.61 Å². The van der Waals surface area contributed by atoms with E-state index in [1.807, 2.05) is 6.08 Å². The number of cyclic esters (lactones) is 1. The van der Waals surface area contributed by atoms with Crippen molar-refractivity contribution in [2.24, 2.45) is 35.5 Å². The molecule has 0 aliphatic carbocycles. The maximum absolute atomic E-state index is 12.4. The number of aliphatic hydroxyl groups excluding tert-OH is 1. The molecule has 0 aromatic heterocycles. The normalized spacial score (nSPS) is 20.0. The highest BCUT2D eigenvalue weighted by Gasteiger charge is 2.37. The van der Waals surface area contributed by atoms with Gasteiger partial charge in [-0.05, 0) is 41.9 Å². The van der Waals surface area contributed by atoms with Gasteiger partial charge in [0.25, 0.3) is 0 Å². The number of carbonyl (C=O) groups excluding carboxylic acids is 2. The van der Waals surface area contributed by atoms with Gasteiger partial charge in [-0.25, -0.2) is 4.79 Å². The van der Waals surface area contributed by atoms with Gasteiger partial charge in [-0.15, -0.1) is 0 Å². The summed E-state index contributed by atoms with van der Waals surface area (Å²) in [6.07, 6.45) is 2.04. The van der Waals surface area contributed by atoms with E-state index < -0.39 is 12.2 Å². The minimum Gasteiger partial charge on any atom is -0.456 e. The van der Waals surface area contributed by atoms with Crippen LogP contribution >= 0.6 is 0 Å². The maximum atomic E-state index is 12.4. The third kappa shape index (κ3) is 7.76. The predicted octanol–water partition coefficient (Wildman–Crippen LogP) is 4.77. The number of allylic oxidation sites excluding steroid dienone is 1. The number of hydrogen-bond donors (Lipinski definition) is 1. The first-order valence-electron chi connectivity index (χ1n) is 11.2. The van der Waals surface area contributed by atoms with Gasteiger partial charge in [0.05, 0.1) is 6.61 Å². The molecule has 0 amide bonds. The van der Waals surface area contributed by atoms with Crippen LogP contribution in [0, 0.1) is 35.5 Å². The minimum atomic E-state index is -0.816. The second-order valence-electron chi connectivity index (χ2n) is 9.83. The Kier molecular flexibility index (Phi) is 10.4. The zero-order valence-electron chi connectivity index (χ0n) is 19.6. The number of hydrogen-bond acceptors (Lipinski definition) is 5. The lowest BCUT2D eigenvalue weighted by Gasteiger charge is -2.26. The minimum absolute atomic E-state index is 0.215. The quantitative estimate of drug-likeness (QED) is 0.392. The van der Waals surface area contributed by atoms with Crippen LogP contribution in [0.5, 0.6) is 0 Å². The molecule has 1 rings (SSSR count). The first-order valence-corrected chi connectivity index (χ1v) is 11.2. The number of carbonyl (C=O) groups is 2. The molecule has 1 saturated heterocycles. The molecule has 2 atom stereocenters. The molecule has 0 unspecified atom stereocenters. The summed E-state index contributed by atoms with van der Waals surface area (Å²) in [7, 11) is 0. The summed E-state index contributed by atoms with van der Waals surface area (Å²) in [4.78, 5) is 24.7. The summed E-state index contributed by atoms with van der Waals surface area (Å²) < 4.78 is 11.0. The Balaban J connectivity index is 2.73. The van der Waals surface area contributed by atoms with Crippen molar-refractivity contribution in [3.05, 3.63) is 11.6 Å². The molecule has 1 aliphatic rings. The molecule has 168 valence electrons. The lowest BCUT2D eigenvalue weighted by atomic mass is 9.82. The highest BCUT2D eigenvalue weighted by Crippen LogP contribution is 2.30. The topological polar surface area (TPSA) is 72.8 Å². The molecule has 1 fully saturated rings. The van der Waals surface area contributed by atoms with Gasteiger partial charge in [0, 0.05) is 18.4 Å². The summed E-state index contributed by atoms with van der Waals surface area (Å²) in [6, 6.07) is 0. The Labute approximate surface area is 177 Å². The van der Waals surface area contributed by atoms with E-state index in [4.69, 9.17) is 9.47 Å². The van der Waals surface area contributed by atoms with Gasteiger partial charge in [-0.1, -0.05) is 61.5 Å². The Morgan fingerprint density at radius 3 is 2.00 bits per heavy atom. The van der Waals surface area contributed by atoms with Crippen LogP contribution in [0.4, 0.5) is 0 Å². The molecule has 0 spiro atoms. The molecule has 5 nitrogen and oxygen atoms in total. The fourth-order valence-electron chi connectivity index (χ4n) is 4.40. The van der Waals surface area contributed by atoms with Crippen molar-refractivity contribution in [1.29, 1.82) is 0 Å². The SMILES string of the molecule is CC(C)C(C/C=C1/C[C@H]([C@@H](CO)OC(=O)CC(C(C)C)C(C)C)OC1=O)C(C)C. The highest BCUT2D eigenvalue weighted by molar-refractivity contribution is 5.90. The summed E-state index contributed by atoms with van der Waals surface area (Å²) >= 11 is 0. The molecule has 0 aromatic carbocycles. The summed E-state index contributed by atoms with van der Waals surface area (Å²) in [6.45, 7) is 16.8. The van der Waals surface area contributed by atoms with E-state index in [0.717, 1.165) is 6.42 Å². The van der Waals surface area contributed by atoms with Crippen LogP contribution in [-0.2, 0) is 19.1 Å². The van der Waals surface area contributed by atoms with Crippen molar-refractivity contribution in [2.45, 2.75) is 86.9 Å². The van der Waals surface area contributed by atoms with Gasteiger partial charge < -0.3 is 14.6 Å². The molecule has 0 radical (unpaired) electrons. The fraction of sp³-hybridized carbons (Fsp3) is 0.833. The predicted molar refractivity (Wildman–Crippen MR) is 115 cm³/mol. The van der Waals surface area contributed by atoms with Gasteiger partial charge in [0.2, 0.25) is 0 Å². The number of aliphatic hydroxyl groups is 1. The van der Waals surface area contributed by atoms with Crippen LogP contribution in [0.3, 0.4) is 0 Å². The molecule has 1 heterocycles. The van der Waals surface area contributed by atoms with Crippen LogP contribution in [-0.4, -0.2) is 35.9 Å². The van der Waals surface area contributed by atoms with Gasteiger partial charge in [0.1, 0.15) is 6.10 Å². The Morgan fingerprint density at radius 1 is 1.03 bits per heavy atom. The molecule has 1 N–H and O–H groups in total. The monoisotopic (exact) mass is 410 g/mol. The van der Waals surface area contributed by atoms with Crippen molar-refractivity contribution in [3.63, 3.8) is 0 Å². The highest BCUT2D eigenvalue weighted by atomic mass is 16.6. The molecule has 5 heteroatoms. The molecular weight excluding hydrogens is 368 g/mol. The lowest BCUT2D eigenvalue weighted by Crippen LogP contribution is -2.35. The van der Waals surface area contributed by atoms with Crippen LogP contribution in [0.2, 0.25) is 0 Å². The molecule has 0 aromatic rings. The third-order valence-electron chi connectivity index (χ3n) is 6.28. The molecular formula is C24H42O5. The van der Waals surface area contributed by atoms with Crippen molar-refractivity contribution >= 4 is 11.9 Å². The van der Waals surface area contributed by atoms with Crippen LogP contribution < -0.4 is 0 Å². The average Bonchev–Trinajstić information content (AvgIpc) is 2.97. The van der Waals surface area contributed by atoms with Gasteiger partial charge >= 0.3 is 11.9 Å². The van der Waals surface area contributed by atoms with Crippen molar-refractivity contribution in [1.82, 2.24) is 0 Å². The largest absolute Gasteiger partial charge is 0.456 e. The molecule has 29 heavy (non-hydrogen) atoms. The van der Waals surface area contributed by atoms with E-state index >= 15 is 0 Å². The van der Waals surface area contributed by atoms with Crippen LogP contribution in [0.25, 0.3) is 0 Å². The van der Waals surface area contributed by atoms with Crippen molar-refractivity contribution in [3.8, 4) is 0 Å². The fourth-order valence-corrected chi connectivity index (χ4v) is 4.40. The summed E-state index contributed by atoms with van der Waals surface area (Å²) in [5, 5.41) is 9.74. The van der Waals surface area contributed by atoms with E-state index in [1.165, 1.54) is 0 Å². The molecule has 0 bridgehead atoms. The second-order valence-corrected chi connectivity index (χ2v) is 9.83. The molecule has 0 saturated carbocycles. The molecule has 1 aliphatic heterocycles. The van der Waals surface area contributed by atoms with E-state index in [2.05, 4.69) is 55.4 Å². The zero-order valence-corrected chi connectivity index (χ0v) is 19.6. The van der Waals surface area contributed by atoms with E-state index in [1.54, 1.807) is 0 Å². The van der Waals surface area contributed by atoms with Crippen LogP contribution in [0.15, 0.2) is 11.6 Å². The Bertz CT molecular complexity index is 546. The average molecular weight is 411 g/mol. The standard InChI is InChI=1S/C24H42O5/c1-14(2)19(15(3)4)10-9-18-11-21(29-24(18)27)22(13-25)28-23(26)12-20(16(5)6)17(7)8/h9,14-17,19-22,25H,10-13H2,1-8H3/b18-9-/t21-,22-/m1/s1. The van der Waals surface area contributed by atoms with Crippen LogP contribution in [0.1, 0.15) is 74.7 Å². The Morgan fingerprint density at radius 2 is 1.55 bits per heavy atom. The zero-order chi connectivity index (χ0) is 22.3. The maximum Gasteiger partial charge on any atom is 0.334 e. The Hall–Kier alpha value is -1.36. The van der Waals surface area contributed by atoms with E-state index in [-0.39, 0.29) is 24.5 Å². The van der Waals surface area contributed by atoms with E-state index in [0.29, 0.717) is 48.0 Å². The van der Waals surface area contributed by atoms with Gasteiger partial charge in [-0.2, -0.15) is 0 Å². The van der Waals surface area contributed by atoms with E-state index in [9.17, 15) is 14.7 Å². The first-order chi connectivity index (χ1) is 13.5. The summed E-state index contributed by atoms with van der Waals surface area (Å²) in [5.41, 5.74) is 0.623. The summed E-state index contributed by atoms with van der Waals surface area (Å²) in [5.74, 6) is 1.79. The third-order valence-corrected chi connectivity index (χ3v) is 6.28. The number of rotatable bonds is 11. The number of esters is 2. The second kappa shape index (κ2) is 11.7. The smallest absolute Gasteiger partial charge is 0.334 e. The van der Waals surface area contributed by atoms with Gasteiger partial charge in [-0.3, -0.25) is 4.79 Å². The van der Waals surface area contributed by atoms with Gasteiger partial charge in [0.15, 0.2) is 6.10 Å².